The molecule has 0 radical (unpaired) electrons. The van der Waals surface area contributed by atoms with Crippen LogP contribution in [-0.4, -0.2) is 57.9 Å². The van der Waals surface area contributed by atoms with E-state index in [1.54, 1.807) is 18.5 Å². The van der Waals surface area contributed by atoms with E-state index in [0.717, 1.165) is 11.3 Å². The Bertz CT molecular complexity index is 1440. The number of phenolic OH excluding ortho intramolecular Hbond substituents is 1. The molecule has 0 aliphatic carbocycles. The molecule has 0 spiro atoms. The van der Waals surface area contributed by atoms with Gasteiger partial charge in [-0.15, -0.1) is 0 Å². The van der Waals surface area contributed by atoms with E-state index >= 15 is 0 Å². The molecule has 0 amide bonds. The second kappa shape index (κ2) is 11.4. The average molecular weight is 546 g/mol. The largest absolute Gasteiger partial charge is 0.508 e. The van der Waals surface area contributed by atoms with Crippen LogP contribution in [0, 0.1) is 0 Å². The third-order valence-electron chi connectivity index (χ3n) is 5.45. The molecule has 196 valence electrons. The summed E-state index contributed by atoms with van der Waals surface area (Å²) in [5, 5.41) is 15.8. The molecule has 1 unspecified atom stereocenters. The first-order valence-corrected chi connectivity index (χ1v) is 15.3. The lowest BCUT2D eigenvalue weighted by molar-refractivity contribution is 0.376. The van der Waals surface area contributed by atoms with E-state index in [4.69, 9.17) is 9.79 Å². The highest BCUT2D eigenvalue weighted by Crippen LogP contribution is 2.54. The molecule has 0 aliphatic heterocycles. The number of aromatic nitrogens is 4. The number of rotatable bonds is 12. The minimum atomic E-state index is -4.58. The Morgan fingerprint density at radius 3 is 2.38 bits per heavy atom. The fourth-order valence-electron chi connectivity index (χ4n) is 3.73. The van der Waals surface area contributed by atoms with Crippen molar-refractivity contribution in [3.8, 4) is 5.75 Å². The van der Waals surface area contributed by atoms with Crippen LogP contribution in [0.4, 0.5) is 17.5 Å². The fourth-order valence-corrected chi connectivity index (χ4v) is 7.25. The third kappa shape index (κ3) is 7.85. The zero-order valence-electron chi connectivity index (χ0n) is 19.8. The van der Waals surface area contributed by atoms with Gasteiger partial charge in [0.2, 0.25) is 13.3 Å². The van der Waals surface area contributed by atoms with Gasteiger partial charge in [0.25, 0.3) is 0 Å². The molecule has 0 fully saturated rings. The van der Waals surface area contributed by atoms with Gasteiger partial charge >= 0.3 is 7.60 Å². The van der Waals surface area contributed by atoms with Crippen LogP contribution in [-0.2, 0) is 22.1 Å². The zero-order valence-corrected chi connectivity index (χ0v) is 21.6. The summed E-state index contributed by atoms with van der Waals surface area (Å²) in [6, 6.07) is 16.4. The maximum atomic E-state index is 12.1. The fraction of sp³-hybridized carbons (Fsp3) is 0.261. The summed E-state index contributed by atoms with van der Waals surface area (Å²) in [5.41, 5.74) is 3.01. The van der Waals surface area contributed by atoms with E-state index in [1.807, 2.05) is 47.0 Å². The Morgan fingerprint density at radius 1 is 0.946 bits per heavy atom. The predicted molar refractivity (Wildman–Crippen MR) is 142 cm³/mol. The lowest BCUT2D eigenvalue weighted by atomic mass is 10.1. The van der Waals surface area contributed by atoms with Crippen molar-refractivity contribution in [3.05, 3.63) is 66.5 Å². The monoisotopic (exact) mass is 546 g/mol. The highest BCUT2D eigenvalue weighted by atomic mass is 31.2. The summed E-state index contributed by atoms with van der Waals surface area (Å²) in [7, 11) is -8.54. The van der Waals surface area contributed by atoms with E-state index in [-0.39, 0.29) is 30.8 Å². The summed E-state index contributed by atoms with van der Waals surface area (Å²) in [5.74, 6) is -0.0685. The molecule has 2 aromatic heterocycles. The number of phenols is 1. The Morgan fingerprint density at radius 2 is 1.68 bits per heavy atom. The van der Waals surface area contributed by atoms with Crippen LogP contribution < -0.4 is 10.6 Å². The number of hydrogen-bond donors (Lipinski definition) is 6. The van der Waals surface area contributed by atoms with Gasteiger partial charge in [0.05, 0.1) is 6.33 Å². The van der Waals surface area contributed by atoms with Crippen LogP contribution in [0.3, 0.4) is 0 Å². The number of fused-ring (bicyclic) bond motifs is 1. The van der Waals surface area contributed by atoms with Crippen molar-refractivity contribution in [2.45, 2.75) is 19.4 Å². The van der Waals surface area contributed by atoms with Gasteiger partial charge in [0.1, 0.15) is 11.7 Å². The Balaban J connectivity index is 1.52. The summed E-state index contributed by atoms with van der Waals surface area (Å²) >= 11 is 0. The maximum Gasteiger partial charge on any atom is 0.335 e. The van der Waals surface area contributed by atoms with E-state index in [2.05, 4.69) is 25.6 Å². The lowest BCUT2D eigenvalue weighted by Gasteiger charge is -2.13. The molecule has 0 bridgehead atoms. The number of para-hydroxylation sites is 1. The maximum absolute atomic E-state index is 12.1. The highest BCUT2D eigenvalue weighted by molar-refractivity contribution is 7.72. The van der Waals surface area contributed by atoms with Crippen molar-refractivity contribution >= 4 is 43.6 Å². The van der Waals surface area contributed by atoms with Crippen molar-refractivity contribution in [1.29, 1.82) is 0 Å². The number of benzene rings is 2. The molecular weight excluding hydrogens is 518 g/mol. The average Bonchev–Trinajstić information content (AvgIpc) is 3.24. The van der Waals surface area contributed by atoms with Crippen LogP contribution in [0.25, 0.3) is 11.2 Å². The van der Waals surface area contributed by atoms with Crippen LogP contribution in [0.5, 0.6) is 5.75 Å². The van der Waals surface area contributed by atoms with Crippen LogP contribution in [0.2, 0.25) is 0 Å². The van der Waals surface area contributed by atoms with Gasteiger partial charge in [-0.05, 0) is 42.7 Å². The first-order chi connectivity index (χ1) is 17.6. The van der Waals surface area contributed by atoms with E-state index < -0.39 is 20.9 Å². The molecule has 0 aliphatic rings. The molecule has 4 aromatic rings. The lowest BCUT2D eigenvalue weighted by Crippen LogP contribution is -2.10. The number of aryl methyl sites for hydroxylation is 2. The van der Waals surface area contributed by atoms with Gasteiger partial charge in [-0.1, -0.05) is 30.3 Å². The van der Waals surface area contributed by atoms with Crippen molar-refractivity contribution in [2.75, 3.05) is 29.2 Å². The van der Waals surface area contributed by atoms with Crippen LogP contribution >= 0.6 is 15.0 Å². The van der Waals surface area contributed by atoms with Gasteiger partial charge in [-0.25, -0.2) is 4.98 Å². The van der Waals surface area contributed by atoms with Gasteiger partial charge < -0.3 is 35.0 Å². The molecule has 4 rings (SSSR count). The number of hydrogen-bond acceptors (Lipinski definition) is 8. The topological polar surface area (TPSA) is 183 Å². The molecule has 0 saturated heterocycles. The van der Waals surface area contributed by atoms with Crippen molar-refractivity contribution in [3.63, 3.8) is 0 Å². The van der Waals surface area contributed by atoms with Gasteiger partial charge in [0.15, 0.2) is 17.0 Å². The molecule has 0 saturated carbocycles. The van der Waals surface area contributed by atoms with Crippen molar-refractivity contribution in [1.82, 2.24) is 19.5 Å². The third-order valence-corrected chi connectivity index (χ3v) is 9.71. The molecule has 37 heavy (non-hydrogen) atoms. The summed E-state index contributed by atoms with van der Waals surface area (Å²) in [6.07, 6.45) is 2.32. The smallest absolute Gasteiger partial charge is 0.335 e. The summed E-state index contributed by atoms with van der Waals surface area (Å²) < 4.78 is 25.0. The number of aromatic hydroxyl groups is 1. The zero-order chi connectivity index (χ0) is 26.5. The molecule has 1 atom stereocenters. The Kier molecular flexibility index (Phi) is 8.26. The van der Waals surface area contributed by atoms with Crippen LogP contribution in [0.1, 0.15) is 12.0 Å². The van der Waals surface area contributed by atoms with Gasteiger partial charge in [-0.2, -0.15) is 9.97 Å². The molecule has 12 nitrogen and oxygen atoms in total. The van der Waals surface area contributed by atoms with Crippen molar-refractivity contribution in [2.24, 2.45) is 0 Å². The van der Waals surface area contributed by atoms with E-state index in [9.17, 15) is 19.1 Å². The quantitative estimate of drug-likeness (QED) is 0.112. The first-order valence-electron chi connectivity index (χ1n) is 11.5. The number of nitrogens with zero attached hydrogens (tertiary/aromatic N) is 4. The Labute approximate surface area is 213 Å². The Hall–Kier alpha value is -3.27. The van der Waals surface area contributed by atoms with Crippen molar-refractivity contribution < 1.29 is 28.9 Å². The van der Waals surface area contributed by atoms with Crippen LogP contribution in [0.15, 0.2) is 60.9 Å². The molecule has 2 heterocycles. The minimum Gasteiger partial charge on any atom is -0.508 e. The number of imidazole rings is 1. The highest BCUT2D eigenvalue weighted by Gasteiger charge is 2.28. The molecular formula is C23H28N6O6P2. The SMILES string of the molecule is O=P(O)(O)CP(=O)(O)CCCNc1nc(Nc2ccccc2)c2ncn(CCc3ccc(O)cc3)c2n1. The minimum absolute atomic E-state index is 0.191. The predicted octanol–water partition coefficient (Wildman–Crippen LogP) is 3.73. The van der Waals surface area contributed by atoms with E-state index in [1.165, 1.54) is 0 Å². The van der Waals surface area contributed by atoms with Gasteiger partial charge in [-0.3, -0.25) is 9.13 Å². The summed E-state index contributed by atoms with van der Waals surface area (Å²) in [4.78, 5) is 41.5. The van der Waals surface area contributed by atoms with E-state index in [0.29, 0.717) is 29.9 Å². The standard InChI is InChI=1S/C23H28N6O6P2/c30-19-9-7-17(8-10-19)11-13-29-15-25-20-21(26-18-5-2-1-3-6-18)27-23(28-22(20)29)24-12-4-14-36(31,32)16-37(33,34)35/h1-3,5-10,15,30H,4,11-14,16H2,(H,31,32)(H2,33,34,35)(H2,24,26,27,28). The van der Waals surface area contributed by atoms with Gasteiger partial charge in [0, 0.05) is 24.9 Å². The second-order valence-corrected chi connectivity index (χ2v) is 13.2. The number of nitrogens with one attached hydrogen (secondary N) is 2. The molecule has 14 heteroatoms. The molecule has 6 N–H and O–H groups in total. The summed E-state index contributed by atoms with van der Waals surface area (Å²) in [6.45, 7) is 0.808. The first kappa shape index (κ1) is 26.8. The number of anilines is 3. The normalized spacial score (nSPS) is 13.4. The second-order valence-electron chi connectivity index (χ2n) is 8.57. The molecule has 2 aromatic carbocycles.